The first kappa shape index (κ1) is 10.8. The maximum Gasteiger partial charge on any atom is 0.202 e. The molecule has 1 unspecified atom stereocenters. The van der Waals surface area contributed by atoms with Crippen molar-refractivity contribution in [2.45, 2.75) is 26.2 Å². The van der Waals surface area contributed by atoms with E-state index in [1.54, 1.807) is 0 Å². The second kappa shape index (κ2) is 4.90. The SMILES string of the molecule is CC(C)c1nsc(NCC2CCNC2)n1. The molecule has 0 aliphatic carbocycles. The Labute approximate surface area is 94.7 Å². The maximum atomic E-state index is 4.45. The minimum Gasteiger partial charge on any atom is -0.360 e. The summed E-state index contributed by atoms with van der Waals surface area (Å²) in [6.07, 6.45) is 1.27. The van der Waals surface area contributed by atoms with Crippen molar-refractivity contribution >= 4 is 16.7 Å². The van der Waals surface area contributed by atoms with Gasteiger partial charge >= 0.3 is 0 Å². The molecule has 0 radical (unpaired) electrons. The molecule has 2 heterocycles. The van der Waals surface area contributed by atoms with Crippen molar-refractivity contribution in [2.75, 3.05) is 25.0 Å². The molecule has 2 rings (SSSR count). The predicted molar refractivity (Wildman–Crippen MR) is 63.5 cm³/mol. The van der Waals surface area contributed by atoms with Gasteiger partial charge in [-0.15, -0.1) is 0 Å². The monoisotopic (exact) mass is 226 g/mol. The van der Waals surface area contributed by atoms with Crippen LogP contribution in [0.3, 0.4) is 0 Å². The van der Waals surface area contributed by atoms with Crippen LogP contribution in [0.25, 0.3) is 0 Å². The van der Waals surface area contributed by atoms with Gasteiger partial charge in [0.25, 0.3) is 0 Å². The normalized spacial score (nSPS) is 21.1. The Morgan fingerprint density at radius 3 is 3.07 bits per heavy atom. The lowest BCUT2D eigenvalue weighted by Gasteiger charge is -2.07. The second-order valence-corrected chi connectivity index (χ2v) is 5.10. The summed E-state index contributed by atoms with van der Waals surface area (Å²) < 4.78 is 4.31. The summed E-state index contributed by atoms with van der Waals surface area (Å²) in [5, 5.41) is 7.69. The summed E-state index contributed by atoms with van der Waals surface area (Å²) in [6, 6.07) is 0. The van der Waals surface area contributed by atoms with Crippen LogP contribution in [-0.4, -0.2) is 29.0 Å². The van der Waals surface area contributed by atoms with Gasteiger partial charge in [0.2, 0.25) is 5.13 Å². The van der Waals surface area contributed by atoms with E-state index in [4.69, 9.17) is 0 Å². The van der Waals surface area contributed by atoms with Crippen molar-refractivity contribution in [1.82, 2.24) is 14.7 Å². The maximum absolute atomic E-state index is 4.45. The fourth-order valence-electron chi connectivity index (χ4n) is 1.66. The average Bonchev–Trinajstić information content (AvgIpc) is 2.86. The number of hydrogen-bond donors (Lipinski definition) is 2. The third-order valence-corrected chi connectivity index (χ3v) is 3.35. The molecule has 1 saturated heterocycles. The number of aromatic nitrogens is 2. The Bertz CT molecular complexity index is 304. The van der Waals surface area contributed by atoms with Crippen LogP contribution in [0.1, 0.15) is 32.0 Å². The molecular formula is C10H18N4S. The number of anilines is 1. The van der Waals surface area contributed by atoms with E-state index < -0.39 is 0 Å². The van der Waals surface area contributed by atoms with Gasteiger partial charge in [0.05, 0.1) is 0 Å². The Hall–Kier alpha value is -0.680. The lowest BCUT2D eigenvalue weighted by atomic mass is 10.1. The van der Waals surface area contributed by atoms with Crippen LogP contribution in [-0.2, 0) is 0 Å². The minimum atomic E-state index is 0.421. The van der Waals surface area contributed by atoms with E-state index >= 15 is 0 Å². The zero-order valence-electron chi connectivity index (χ0n) is 9.29. The molecule has 0 saturated carbocycles. The summed E-state index contributed by atoms with van der Waals surface area (Å²) in [5.41, 5.74) is 0. The molecule has 5 heteroatoms. The van der Waals surface area contributed by atoms with Gasteiger partial charge in [-0.3, -0.25) is 0 Å². The predicted octanol–water partition coefficient (Wildman–Crippen LogP) is 1.68. The number of nitrogens with zero attached hydrogens (tertiary/aromatic N) is 2. The second-order valence-electron chi connectivity index (χ2n) is 4.35. The highest BCUT2D eigenvalue weighted by Crippen LogP contribution is 2.18. The first-order valence-corrected chi connectivity index (χ1v) is 6.31. The lowest BCUT2D eigenvalue weighted by Crippen LogP contribution is -2.17. The van der Waals surface area contributed by atoms with Gasteiger partial charge in [-0.2, -0.15) is 4.37 Å². The molecule has 0 spiro atoms. The van der Waals surface area contributed by atoms with Crippen molar-refractivity contribution < 1.29 is 0 Å². The Morgan fingerprint density at radius 2 is 2.47 bits per heavy atom. The first-order chi connectivity index (χ1) is 7.25. The van der Waals surface area contributed by atoms with E-state index in [0.29, 0.717) is 5.92 Å². The zero-order chi connectivity index (χ0) is 10.7. The van der Waals surface area contributed by atoms with Crippen LogP contribution in [0.5, 0.6) is 0 Å². The van der Waals surface area contributed by atoms with E-state index in [2.05, 4.69) is 33.8 Å². The van der Waals surface area contributed by atoms with Crippen LogP contribution in [0.2, 0.25) is 0 Å². The fraction of sp³-hybridized carbons (Fsp3) is 0.800. The number of nitrogens with one attached hydrogen (secondary N) is 2. The van der Waals surface area contributed by atoms with Crippen molar-refractivity contribution in [2.24, 2.45) is 5.92 Å². The Balaban J connectivity index is 1.82. The summed E-state index contributed by atoms with van der Waals surface area (Å²) in [7, 11) is 0. The molecule has 1 aliphatic rings. The quantitative estimate of drug-likeness (QED) is 0.820. The Kier molecular flexibility index (Phi) is 3.53. The van der Waals surface area contributed by atoms with E-state index in [1.165, 1.54) is 18.0 Å². The molecule has 1 atom stereocenters. The molecule has 0 amide bonds. The van der Waals surface area contributed by atoms with Gasteiger partial charge in [-0.25, -0.2) is 4.98 Å². The smallest absolute Gasteiger partial charge is 0.202 e. The van der Waals surface area contributed by atoms with Gasteiger partial charge in [0, 0.05) is 24.0 Å². The summed E-state index contributed by atoms with van der Waals surface area (Å²) in [5.74, 6) is 2.12. The van der Waals surface area contributed by atoms with Gasteiger partial charge in [0.1, 0.15) is 5.82 Å². The van der Waals surface area contributed by atoms with Crippen molar-refractivity contribution in [1.29, 1.82) is 0 Å². The molecule has 2 N–H and O–H groups in total. The molecule has 1 aromatic heterocycles. The first-order valence-electron chi connectivity index (χ1n) is 5.54. The Morgan fingerprint density at radius 1 is 1.60 bits per heavy atom. The van der Waals surface area contributed by atoms with E-state index in [0.717, 1.165) is 36.5 Å². The van der Waals surface area contributed by atoms with E-state index in [-0.39, 0.29) is 0 Å². The molecule has 4 nitrogen and oxygen atoms in total. The molecule has 84 valence electrons. The summed E-state index contributed by atoms with van der Waals surface area (Å²) >= 11 is 1.47. The van der Waals surface area contributed by atoms with Gasteiger partial charge in [-0.1, -0.05) is 13.8 Å². The lowest BCUT2D eigenvalue weighted by molar-refractivity contribution is 0.615. The average molecular weight is 226 g/mol. The van der Waals surface area contributed by atoms with Gasteiger partial charge in [-0.05, 0) is 25.4 Å². The molecule has 1 fully saturated rings. The topological polar surface area (TPSA) is 49.8 Å². The third kappa shape index (κ3) is 2.89. The highest BCUT2D eigenvalue weighted by Gasteiger charge is 2.15. The summed E-state index contributed by atoms with van der Waals surface area (Å²) in [4.78, 5) is 4.45. The highest BCUT2D eigenvalue weighted by molar-refractivity contribution is 7.09. The highest BCUT2D eigenvalue weighted by atomic mass is 32.1. The third-order valence-electron chi connectivity index (χ3n) is 2.66. The van der Waals surface area contributed by atoms with Crippen LogP contribution < -0.4 is 10.6 Å². The van der Waals surface area contributed by atoms with E-state index in [1.807, 2.05) is 0 Å². The van der Waals surface area contributed by atoms with Crippen LogP contribution >= 0.6 is 11.5 Å². The van der Waals surface area contributed by atoms with Crippen molar-refractivity contribution in [3.8, 4) is 0 Å². The van der Waals surface area contributed by atoms with Crippen LogP contribution in [0.4, 0.5) is 5.13 Å². The molecular weight excluding hydrogens is 208 g/mol. The zero-order valence-corrected chi connectivity index (χ0v) is 10.1. The molecule has 0 aromatic carbocycles. The standard InChI is InChI=1S/C10H18N4S/c1-7(2)9-13-10(15-14-9)12-6-8-3-4-11-5-8/h7-8,11H,3-6H2,1-2H3,(H,12,13,14). The summed E-state index contributed by atoms with van der Waals surface area (Å²) in [6.45, 7) is 7.53. The number of rotatable bonds is 4. The molecule has 0 bridgehead atoms. The molecule has 1 aromatic rings. The van der Waals surface area contributed by atoms with Crippen LogP contribution in [0.15, 0.2) is 0 Å². The number of hydrogen-bond acceptors (Lipinski definition) is 5. The minimum absolute atomic E-state index is 0.421. The van der Waals surface area contributed by atoms with Crippen molar-refractivity contribution in [3.05, 3.63) is 5.82 Å². The van der Waals surface area contributed by atoms with Gasteiger partial charge in [0.15, 0.2) is 0 Å². The van der Waals surface area contributed by atoms with Crippen molar-refractivity contribution in [3.63, 3.8) is 0 Å². The largest absolute Gasteiger partial charge is 0.360 e. The van der Waals surface area contributed by atoms with E-state index in [9.17, 15) is 0 Å². The molecule has 1 aliphatic heterocycles. The van der Waals surface area contributed by atoms with Gasteiger partial charge < -0.3 is 10.6 Å². The van der Waals surface area contributed by atoms with Crippen LogP contribution in [0, 0.1) is 5.92 Å². The molecule has 15 heavy (non-hydrogen) atoms. The fourth-order valence-corrected chi connectivity index (χ4v) is 2.38.